The molecule has 0 saturated heterocycles. The quantitative estimate of drug-likeness (QED) is 0.446. The lowest BCUT2D eigenvalue weighted by atomic mass is 10.3. The monoisotopic (exact) mass is 148 g/mol. The topological polar surface area (TPSA) is 43.4 Å². The van der Waals surface area contributed by atoms with Gasteiger partial charge in [0.15, 0.2) is 8.46 Å². The number of hydrogen-bond donors (Lipinski definition) is 0. The van der Waals surface area contributed by atoms with E-state index in [0.29, 0.717) is 6.42 Å². The van der Waals surface area contributed by atoms with Crippen LogP contribution in [0.3, 0.4) is 0 Å². The summed E-state index contributed by atoms with van der Waals surface area (Å²) in [5.41, 5.74) is -0.477. The standard InChI is InChI=1S/C5H9O3P/c1-3-4(9-7)5(6)8-2/h4H,3H2,1-2H3. The van der Waals surface area contributed by atoms with Crippen molar-refractivity contribution in [2.45, 2.75) is 19.0 Å². The van der Waals surface area contributed by atoms with Gasteiger partial charge in [-0.3, -0.25) is 9.36 Å². The maximum Gasteiger partial charge on any atom is 0.320 e. The lowest BCUT2D eigenvalue weighted by molar-refractivity contribution is -0.140. The number of carbonyl (C=O) groups is 1. The van der Waals surface area contributed by atoms with Gasteiger partial charge in [0.1, 0.15) is 5.66 Å². The number of ether oxygens (including phenoxy) is 1. The van der Waals surface area contributed by atoms with Crippen LogP contribution in [-0.4, -0.2) is 18.7 Å². The van der Waals surface area contributed by atoms with E-state index in [0.717, 1.165) is 0 Å². The number of carbonyl (C=O) groups excluding carboxylic acids is 1. The lowest BCUT2D eigenvalue weighted by Gasteiger charge is -2.00. The van der Waals surface area contributed by atoms with Gasteiger partial charge in [0.2, 0.25) is 0 Å². The molecule has 0 N–H and O–H groups in total. The molecule has 0 rings (SSSR count). The Labute approximate surface area is 55.6 Å². The number of hydrogen-bond acceptors (Lipinski definition) is 3. The van der Waals surface area contributed by atoms with Crippen LogP contribution in [0.25, 0.3) is 0 Å². The summed E-state index contributed by atoms with van der Waals surface area (Å²) in [7, 11) is 1.13. The summed E-state index contributed by atoms with van der Waals surface area (Å²) in [5, 5.41) is 0. The van der Waals surface area contributed by atoms with Crippen molar-refractivity contribution >= 4 is 14.4 Å². The van der Waals surface area contributed by atoms with E-state index in [4.69, 9.17) is 0 Å². The molecule has 9 heavy (non-hydrogen) atoms. The van der Waals surface area contributed by atoms with E-state index in [1.54, 1.807) is 6.92 Å². The Morgan fingerprint density at radius 2 is 2.33 bits per heavy atom. The van der Waals surface area contributed by atoms with Crippen molar-refractivity contribution in [3.05, 3.63) is 0 Å². The van der Waals surface area contributed by atoms with Gasteiger partial charge in [0.05, 0.1) is 7.11 Å². The molecule has 0 aliphatic rings. The summed E-state index contributed by atoms with van der Waals surface area (Å²) in [6, 6.07) is 0. The Bertz CT molecular complexity index is 113. The van der Waals surface area contributed by atoms with Crippen molar-refractivity contribution in [1.82, 2.24) is 0 Å². The largest absolute Gasteiger partial charge is 0.468 e. The Balaban J connectivity index is 3.78. The molecule has 0 heterocycles. The third-order valence-electron chi connectivity index (χ3n) is 0.987. The highest BCUT2D eigenvalue weighted by atomic mass is 31.1. The second-order valence-corrected chi connectivity index (χ2v) is 2.39. The molecular formula is C5H9O3P. The van der Waals surface area contributed by atoms with Crippen LogP contribution in [0.2, 0.25) is 0 Å². The molecule has 0 bridgehead atoms. The Hall–Kier alpha value is -0.430. The zero-order valence-electron chi connectivity index (χ0n) is 5.46. The van der Waals surface area contributed by atoms with E-state index in [1.165, 1.54) is 7.11 Å². The van der Waals surface area contributed by atoms with E-state index in [-0.39, 0.29) is 8.46 Å². The zero-order valence-corrected chi connectivity index (χ0v) is 6.35. The van der Waals surface area contributed by atoms with E-state index in [2.05, 4.69) is 4.74 Å². The van der Waals surface area contributed by atoms with E-state index in [9.17, 15) is 9.36 Å². The van der Waals surface area contributed by atoms with Crippen molar-refractivity contribution in [3.63, 3.8) is 0 Å². The fourth-order valence-electron chi connectivity index (χ4n) is 0.420. The van der Waals surface area contributed by atoms with Crippen LogP contribution in [0, 0.1) is 0 Å². The third kappa shape index (κ3) is 2.56. The highest BCUT2D eigenvalue weighted by molar-refractivity contribution is 7.26. The first-order valence-electron chi connectivity index (χ1n) is 2.66. The first kappa shape index (κ1) is 8.57. The normalized spacial score (nSPS) is 13.1. The predicted octanol–water partition coefficient (Wildman–Crippen LogP) is 1.23. The zero-order chi connectivity index (χ0) is 7.28. The highest BCUT2D eigenvalue weighted by Crippen LogP contribution is 2.11. The minimum Gasteiger partial charge on any atom is -0.468 e. The van der Waals surface area contributed by atoms with Crippen LogP contribution in [0.4, 0.5) is 0 Å². The van der Waals surface area contributed by atoms with E-state index < -0.39 is 11.6 Å². The Morgan fingerprint density at radius 1 is 1.78 bits per heavy atom. The van der Waals surface area contributed by atoms with Gasteiger partial charge in [-0.2, -0.15) is 0 Å². The minimum atomic E-state index is -0.477. The van der Waals surface area contributed by atoms with Gasteiger partial charge in [0.25, 0.3) is 0 Å². The molecule has 0 amide bonds. The van der Waals surface area contributed by atoms with E-state index in [1.807, 2.05) is 0 Å². The summed E-state index contributed by atoms with van der Waals surface area (Å²) in [4.78, 5) is 10.5. The summed E-state index contributed by atoms with van der Waals surface area (Å²) in [5.74, 6) is -0.408. The fourth-order valence-corrected chi connectivity index (χ4v) is 0.761. The second-order valence-electron chi connectivity index (χ2n) is 1.55. The van der Waals surface area contributed by atoms with Crippen LogP contribution < -0.4 is 0 Å². The van der Waals surface area contributed by atoms with Crippen molar-refractivity contribution < 1.29 is 14.1 Å². The van der Waals surface area contributed by atoms with Crippen LogP contribution in [0.5, 0.6) is 0 Å². The fraction of sp³-hybridized carbons (Fsp3) is 0.800. The molecule has 0 aromatic rings. The molecule has 4 heteroatoms. The van der Waals surface area contributed by atoms with Gasteiger partial charge < -0.3 is 4.74 Å². The summed E-state index contributed by atoms with van der Waals surface area (Å²) in [6.45, 7) is 1.78. The minimum absolute atomic E-state index is 0.155. The molecule has 52 valence electrons. The number of rotatable bonds is 3. The maximum atomic E-state index is 10.5. The van der Waals surface area contributed by atoms with Crippen molar-refractivity contribution in [2.24, 2.45) is 0 Å². The summed E-state index contributed by atoms with van der Waals surface area (Å²) in [6.07, 6.45) is 0.553. The molecule has 0 fully saturated rings. The molecule has 0 spiro atoms. The molecule has 1 unspecified atom stereocenters. The average molecular weight is 148 g/mol. The predicted molar refractivity (Wildman–Crippen MR) is 33.7 cm³/mol. The van der Waals surface area contributed by atoms with Gasteiger partial charge >= 0.3 is 5.97 Å². The first-order valence-corrected chi connectivity index (χ1v) is 3.54. The van der Waals surface area contributed by atoms with Crippen molar-refractivity contribution in [1.29, 1.82) is 0 Å². The Kier molecular flexibility index (Phi) is 4.24. The van der Waals surface area contributed by atoms with Crippen LogP contribution >= 0.6 is 8.46 Å². The molecular weight excluding hydrogens is 139 g/mol. The van der Waals surface area contributed by atoms with Gasteiger partial charge in [-0.1, -0.05) is 6.92 Å². The molecule has 3 nitrogen and oxygen atoms in total. The molecule has 1 atom stereocenters. The smallest absolute Gasteiger partial charge is 0.320 e. The summed E-state index contributed by atoms with van der Waals surface area (Å²) < 4.78 is 14.5. The molecule has 0 radical (unpaired) electrons. The van der Waals surface area contributed by atoms with Gasteiger partial charge in [-0.05, 0) is 6.42 Å². The third-order valence-corrected chi connectivity index (χ3v) is 1.82. The van der Waals surface area contributed by atoms with Gasteiger partial charge in [-0.15, -0.1) is 0 Å². The van der Waals surface area contributed by atoms with E-state index >= 15 is 0 Å². The maximum absolute atomic E-state index is 10.5. The van der Waals surface area contributed by atoms with Crippen LogP contribution in [0.15, 0.2) is 0 Å². The molecule has 0 saturated carbocycles. The number of esters is 1. The van der Waals surface area contributed by atoms with Gasteiger partial charge in [-0.25, -0.2) is 0 Å². The second kappa shape index (κ2) is 4.45. The number of methoxy groups -OCH3 is 1. The van der Waals surface area contributed by atoms with Gasteiger partial charge in [0, 0.05) is 0 Å². The van der Waals surface area contributed by atoms with Crippen LogP contribution in [-0.2, 0) is 14.1 Å². The first-order chi connectivity index (χ1) is 4.26. The van der Waals surface area contributed by atoms with Crippen molar-refractivity contribution in [2.75, 3.05) is 7.11 Å². The Morgan fingerprint density at radius 3 is 2.44 bits per heavy atom. The SMILES string of the molecule is CCC(P=O)C(=O)OC. The lowest BCUT2D eigenvalue weighted by Crippen LogP contribution is -2.14. The average Bonchev–Trinajstić information content (AvgIpc) is 1.90. The molecule has 0 aliphatic heterocycles. The molecule has 0 aromatic heterocycles. The van der Waals surface area contributed by atoms with Crippen molar-refractivity contribution in [3.8, 4) is 0 Å². The molecule has 0 aliphatic carbocycles. The van der Waals surface area contributed by atoms with Crippen LogP contribution in [0.1, 0.15) is 13.3 Å². The molecule has 0 aromatic carbocycles. The highest BCUT2D eigenvalue weighted by Gasteiger charge is 2.15. The summed E-state index contributed by atoms with van der Waals surface area (Å²) >= 11 is 0.